The van der Waals surface area contributed by atoms with Crippen LogP contribution in [-0.4, -0.2) is 12.6 Å². The molecule has 0 aromatic heterocycles. The quantitative estimate of drug-likeness (QED) is 0.895. The van der Waals surface area contributed by atoms with Crippen molar-refractivity contribution in [3.63, 3.8) is 0 Å². The summed E-state index contributed by atoms with van der Waals surface area (Å²) >= 11 is 3.51. The highest BCUT2D eigenvalue weighted by Crippen LogP contribution is 2.25. The third kappa shape index (κ3) is 2.84. The molecule has 1 heterocycles. The van der Waals surface area contributed by atoms with E-state index in [4.69, 9.17) is 5.73 Å². The molecule has 2 unspecified atom stereocenters. The third-order valence-corrected chi connectivity index (χ3v) is 3.83. The van der Waals surface area contributed by atoms with Crippen LogP contribution in [-0.2, 0) is 0 Å². The van der Waals surface area contributed by atoms with Crippen LogP contribution in [0.25, 0.3) is 0 Å². The van der Waals surface area contributed by atoms with E-state index < -0.39 is 0 Å². The fourth-order valence-corrected chi connectivity index (χ4v) is 2.78. The van der Waals surface area contributed by atoms with E-state index in [1.54, 1.807) is 0 Å². The summed E-state index contributed by atoms with van der Waals surface area (Å²) in [5.41, 5.74) is 8.84. The first kappa shape index (κ1) is 12.1. The highest BCUT2D eigenvalue weighted by Gasteiger charge is 2.19. The summed E-state index contributed by atoms with van der Waals surface area (Å²) in [7, 11) is 0. The predicted molar refractivity (Wildman–Crippen MR) is 71.4 cm³/mol. The lowest BCUT2D eigenvalue weighted by molar-refractivity contribution is 0.498. The van der Waals surface area contributed by atoms with Crippen molar-refractivity contribution in [3.8, 4) is 0 Å². The Labute approximate surface area is 106 Å². The zero-order valence-corrected chi connectivity index (χ0v) is 11.3. The van der Waals surface area contributed by atoms with Gasteiger partial charge in [-0.15, -0.1) is 0 Å². The third-order valence-electron chi connectivity index (χ3n) is 3.34. The van der Waals surface area contributed by atoms with Crippen molar-refractivity contribution in [2.45, 2.75) is 38.3 Å². The Kier molecular flexibility index (Phi) is 4.00. The molecule has 1 aromatic carbocycles. The van der Waals surface area contributed by atoms with Crippen molar-refractivity contribution in [2.75, 3.05) is 6.54 Å². The van der Waals surface area contributed by atoms with Crippen molar-refractivity contribution in [1.82, 2.24) is 5.32 Å². The van der Waals surface area contributed by atoms with Crippen molar-refractivity contribution in [3.05, 3.63) is 33.8 Å². The maximum atomic E-state index is 6.28. The number of rotatable bonds is 3. The SMILES string of the molecule is Cc1ccc(Br)cc1C(N)CC1CCCN1. The van der Waals surface area contributed by atoms with Gasteiger partial charge in [-0.05, 0) is 56.0 Å². The Morgan fingerprint density at radius 1 is 1.56 bits per heavy atom. The summed E-state index contributed by atoms with van der Waals surface area (Å²) in [4.78, 5) is 0. The lowest BCUT2D eigenvalue weighted by Gasteiger charge is -2.19. The Hall–Kier alpha value is -0.380. The van der Waals surface area contributed by atoms with Gasteiger partial charge in [0.25, 0.3) is 0 Å². The van der Waals surface area contributed by atoms with Crippen LogP contribution in [0.15, 0.2) is 22.7 Å². The van der Waals surface area contributed by atoms with Gasteiger partial charge in [0.1, 0.15) is 0 Å². The number of benzene rings is 1. The summed E-state index contributed by atoms with van der Waals surface area (Å²) < 4.78 is 1.11. The molecule has 0 aliphatic carbocycles. The van der Waals surface area contributed by atoms with E-state index >= 15 is 0 Å². The molecule has 0 radical (unpaired) electrons. The van der Waals surface area contributed by atoms with Crippen molar-refractivity contribution in [2.24, 2.45) is 5.73 Å². The van der Waals surface area contributed by atoms with E-state index in [9.17, 15) is 0 Å². The highest BCUT2D eigenvalue weighted by atomic mass is 79.9. The number of hydrogen-bond donors (Lipinski definition) is 2. The van der Waals surface area contributed by atoms with Gasteiger partial charge in [-0.3, -0.25) is 0 Å². The molecule has 3 N–H and O–H groups in total. The average molecular weight is 283 g/mol. The Balaban J connectivity index is 2.07. The standard InChI is InChI=1S/C13H19BrN2/c1-9-4-5-10(14)7-12(9)13(15)8-11-3-2-6-16-11/h4-5,7,11,13,16H,2-3,6,8,15H2,1H3. The average Bonchev–Trinajstić information content (AvgIpc) is 2.74. The molecule has 0 bridgehead atoms. The smallest absolute Gasteiger partial charge is 0.0312 e. The molecular weight excluding hydrogens is 264 g/mol. The van der Waals surface area contributed by atoms with Gasteiger partial charge in [-0.1, -0.05) is 22.0 Å². The molecule has 1 aliphatic heterocycles. The van der Waals surface area contributed by atoms with Gasteiger partial charge in [-0.2, -0.15) is 0 Å². The monoisotopic (exact) mass is 282 g/mol. The maximum absolute atomic E-state index is 6.28. The Morgan fingerprint density at radius 3 is 3.06 bits per heavy atom. The molecule has 0 saturated carbocycles. The van der Waals surface area contributed by atoms with E-state index in [1.165, 1.54) is 24.0 Å². The first-order valence-electron chi connectivity index (χ1n) is 5.92. The molecule has 1 saturated heterocycles. The minimum Gasteiger partial charge on any atom is -0.324 e. The minimum atomic E-state index is 0.146. The van der Waals surface area contributed by atoms with Crippen LogP contribution >= 0.6 is 15.9 Å². The Bertz CT molecular complexity index is 359. The van der Waals surface area contributed by atoms with Crippen LogP contribution in [0.1, 0.15) is 36.4 Å². The normalized spacial score (nSPS) is 22.3. The molecule has 0 amide bonds. The van der Waals surface area contributed by atoms with Gasteiger partial charge in [0.05, 0.1) is 0 Å². The molecule has 1 aliphatic rings. The number of nitrogens with two attached hydrogens (primary N) is 1. The highest BCUT2D eigenvalue weighted by molar-refractivity contribution is 9.10. The van der Waals surface area contributed by atoms with Crippen LogP contribution in [0, 0.1) is 6.92 Å². The minimum absolute atomic E-state index is 0.146. The lowest BCUT2D eigenvalue weighted by atomic mass is 9.96. The van der Waals surface area contributed by atoms with Crippen LogP contribution in [0.5, 0.6) is 0 Å². The van der Waals surface area contributed by atoms with Gasteiger partial charge in [0.15, 0.2) is 0 Å². The first-order chi connectivity index (χ1) is 7.66. The summed E-state index contributed by atoms with van der Waals surface area (Å²) in [6, 6.07) is 7.09. The van der Waals surface area contributed by atoms with Crippen molar-refractivity contribution in [1.29, 1.82) is 0 Å². The zero-order valence-electron chi connectivity index (χ0n) is 9.67. The second kappa shape index (κ2) is 5.30. The van der Waals surface area contributed by atoms with Gasteiger partial charge in [-0.25, -0.2) is 0 Å². The maximum Gasteiger partial charge on any atom is 0.0312 e. The fourth-order valence-electron chi connectivity index (χ4n) is 2.40. The fraction of sp³-hybridized carbons (Fsp3) is 0.538. The van der Waals surface area contributed by atoms with Crippen LogP contribution in [0.4, 0.5) is 0 Å². The van der Waals surface area contributed by atoms with Crippen molar-refractivity contribution >= 4 is 15.9 Å². The zero-order chi connectivity index (χ0) is 11.5. The number of aryl methyl sites for hydroxylation is 1. The van der Waals surface area contributed by atoms with Gasteiger partial charge in [0.2, 0.25) is 0 Å². The molecule has 1 fully saturated rings. The van der Waals surface area contributed by atoms with Crippen molar-refractivity contribution < 1.29 is 0 Å². The van der Waals surface area contributed by atoms with Gasteiger partial charge in [0, 0.05) is 16.6 Å². The molecule has 2 rings (SSSR count). The second-order valence-corrected chi connectivity index (χ2v) is 5.55. The van der Waals surface area contributed by atoms with Gasteiger partial charge < -0.3 is 11.1 Å². The summed E-state index contributed by atoms with van der Waals surface area (Å²) in [5.74, 6) is 0. The summed E-state index contributed by atoms with van der Waals surface area (Å²) in [6.45, 7) is 3.28. The largest absolute Gasteiger partial charge is 0.324 e. The molecule has 2 atom stereocenters. The summed E-state index contributed by atoms with van der Waals surface area (Å²) in [6.07, 6.45) is 3.59. The first-order valence-corrected chi connectivity index (χ1v) is 6.71. The van der Waals surface area contributed by atoms with E-state index in [0.717, 1.165) is 17.4 Å². The molecular formula is C13H19BrN2. The van der Waals surface area contributed by atoms with E-state index in [-0.39, 0.29) is 6.04 Å². The van der Waals surface area contributed by atoms with Crippen LogP contribution < -0.4 is 11.1 Å². The molecule has 88 valence electrons. The molecule has 3 heteroatoms. The van der Waals surface area contributed by atoms with E-state index in [0.29, 0.717) is 6.04 Å². The number of hydrogen-bond acceptors (Lipinski definition) is 2. The molecule has 16 heavy (non-hydrogen) atoms. The molecule has 2 nitrogen and oxygen atoms in total. The van der Waals surface area contributed by atoms with Gasteiger partial charge >= 0.3 is 0 Å². The number of halogens is 1. The van der Waals surface area contributed by atoms with E-state index in [2.05, 4.69) is 46.4 Å². The topological polar surface area (TPSA) is 38.0 Å². The van der Waals surface area contributed by atoms with Crippen LogP contribution in [0.3, 0.4) is 0 Å². The van der Waals surface area contributed by atoms with E-state index in [1.807, 2.05) is 0 Å². The van der Waals surface area contributed by atoms with Crippen LogP contribution in [0.2, 0.25) is 0 Å². The lowest BCUT2D eigenvalue weighted by Crippen LogP contribution is -2.27. The number of nitrogens with one attached hydrogen (secondary N) is 1. The molecule has 0 spiro atoms. The predicted octanol–water partition coefficient (Wildman–Crippen LogP) is 2.90. The molecule has 1 aromatic rings. The summed E-state index contributed by atoms with van der Waals surface area (Å²) in [5, 5.41) is 3.50. The Morgan fingerprint density at radius 2 is 2.38 bits per heavy atom. The second-order valence-electron chi connectivity index (χ2n) is 4.64.